The standard InChI is InChI=1S/C17H23N5O3.C2H4O/c1-11-15(25-12-6-4-5-7-12)9-8-13(19-11)16-14(22(3)21-20-16)10-24-17(23)18-2;1-2-3/h8-9,12H,4-7,10H2,1-3H3,(H,18,23);2H,1H3. The molecule has 0 bridgehead atoms. The predicted octanol–water partition coefficient (Wildman–Crippen LogP) is 2.57. The summed E-state index contributed by atoms with van der Waals surface area (Å²) in [4.78, 5) is 24.7. The Balaban J connectivity index is 0.000000878. The predicted molar refractivity (Wildman–Crippen MR) is 103 cm³/mol. The molecule has 1 aliphatic rings. The number of aryl methyl sites for hydroxylation is 2. The summed E-state index contributed by atoms with van der Waals surface area (Å²) in [5.41, 5.74) is 2.77. The summed E-state index contributed by atoms with van der Waals surface area (Å²) in [6.45, 7) is 3.43. The van der Waals surface area contributed by atoms with Crippen LogP contribution in [0.1, 0.15) is 44.0 Å². The van der Waals surface area contributed by atoms with Gasteiger partial charge in [-0.2, -0.15) is 0 Å². The highest BCUT2D eigenvalue weighted by Crippen LogP contribution is 2.28. The molecule has 0 saturated heterocycles. The maximum atomic E-state index is 11.3. The molecule has 1 aliphatic carbocycles. The zero-order valence-electron chi connectivity index (χ0n) is 16.8. The third-order valence-electron chi connectivity index (χ3n) is 4.36. The van der Waals surface area contributed by atoms with Gasteiger partial charge in [0.05, 0.1) is 17.5 Å². The Kier molecular flexibility index (Phi) is 7.91. The van der Waals surface area contributed by atoms with Crippen LogP contribution in [-0.2, 0) is 23.2 Å². The van der Waals surface area contributed by atoms with Crippen LogP contribution in [0.4, 0.5) is 4.79 Å². The second-order valence-corrected chi connectivity index (χ2v) is 6.37. The molecule has 2 heterocycles. The number of amides is 1. The Bertz CT molecular complexity index is 800. The molecule has 1 N–H and O–H groups in total. The normalized spacial score (nSPS) is 13.4. The van der Waals surface area contributed by atoms with Crippen molar-refractivity contribution in [2.45, 2.75) is 52.2 Å². The third-order valence-corrected chi connectivity index (χ3v) is 4.36. The lowest BCUT2D eigenvalue weighted by Crippen LogP contribution is -2.19. The van der Waals surface area contributed by atoms with Gasteiger partial charge in [0, 0.05) is 14.1 Å². The van der Waals surface area contributed by atoms with Crippen LogP contribution in [-0.4, -0.2) is 45.5 Å². The molecule has 1 fully saturated rings. The summed E-state index contributed by atoms with van der Waals surface area (Å²) < 4.78 is 12.7. The number of hydrogen-bond acceptors (Lipinski definition) is 7. The number of carbonyl (C=O) groups is 2. The maximum Gasteiger partial charge on any atom is 0.407 e. The van der Waals surface area contributed by atoms with Crippen LogP contribution in [0.3, 0.4) is 0 Å². The van der Waals surface area contributed by atoms with E-state index < -0.39 is 6.09 Å². The van der Waals surface area contributed by atoms with E-state index in [0.29, 0.717) is 23.2 Å². The highest BCUT2D eigenvalue weighted by atomic mass is 16.5. The minimum atomic E-state index is -0.503. The molecular formula is C19H27N5O4. The van der Waals surface area contributed by atoms with Crippen molar-refractivity contribution < 1.29 is 19.1 Å². The van der Waals surface area contributed by atoms with E-state index in [2.05, 4.69) is 20.6 Å². The number of rotatable bonds is 5. The van der Waals surface area contributed by atoms with Crippen LogP contribution < -0.4 is 10.1 Å². The smallest absolute Gasteiger partial charge is 0.407 e. The van der Waals surface area contributed by atoms with Gasteiger partial charge in [0.1, 0.15) is 30.0 Å². The molecule has 0 aromatic carbocycles. The van der Waals surface area contributed by atoms with Gasteiger partial charge in [0.25, 0.3) is 0 Å². The highest BCUT2D eigenvalue weighted by Gasteiger charge is 2.20. The zero-order valence-corrected chi connectivity index (χ0v) is 16.8. The molecule has 1 amide bonds. The van der Waals surface area contributed by atoms with Crippen LogP contribution in [0.5, 0.6) is 5.75 Å². The minimum Gasteiger partial charge on any atom is -0.489 e. The fourth-order valence-electron chi connectivity index (χ4n) is 2.93. The number of nitrogens with one attached hydrogen (secondary N) is 1. The highest BCUT2D eigenvalue weighted by molar-refractivity contribution is 5.67. The number of alkyl carbamates (subject to hydrolysis) is 1. The van der Waals surface area contributed by atoms with Crippen molar-refractivity contribution in [2.75, 3.05) is 7.05 Å². The van der Waals surface area contributed by atoms with Gasteiger partial charge in [-0.3, -0.25) is 0 Å². The van der Waals surface area contributed by atoms with Crippen molar-refractivity contribution in [2.24, 2.45) is 7.05 Å². The van der Waals surface area contributed by atoms with Crippen LogP contribution in [0.15, 0.2) is 12.1 Å². The van der Waals surface area contributed by atoms with Crippen LogP contribution in [0.2, 0.25) is 0 Å². The van der Waals surface area contributed by atoms with Gasteiger partial charge >= 0.3 is 6.09 Å². The van der Waals surface area contributed by atoms with E-state index in [0.717, 1.165) is 30.6 Å². The van der Waals surface area contributed by atoms with E-state index in [-0.39, 0.29) is 6.61 Å². The SMILES string of the molecule is CC=O.CNC(=O)OCc1c(-c2ccc(OC3CCCC3)c(C)n2)nnn1C. The van der Waals surface area contributed by atoms with E-state index in [1.165, 1.54) is 26.8 Å². The van der Waals surface area contributed by atoms with Gasteiger partial charge in [0.15, 0.2) is 0 Å². The van der Waals surface area contributed by atoms with Crippen molar-refractivity contribution in [3.05, 3.63) is 23.5 Å². The molecule has 0 atom stereocenters. The Hall–Kier alpha value is -2.97. The largest absolute Gasteiger partial charge is 0.489 e. The Labute approximate surface area is 164 Å². The van der Waals surface area contributed by atoms with Crippen LogP contribution in [0, 0.1) is 6.92 Å². The van der Waals surface area contributed by atoms with E-state index in [9.17, 15) is 4.79 Å². The number of aromatic nitrogens is 4. The fraction of sp³-hybridized carbons (Fsp3) is 0.526. The van der Waals surface area contributed by atoms with Crippen LogP contribution in [0.25, 0.3) is 11.4 Å². The van der Waals surface area contributed by atoms with E-state index in [1.54, 1.807) is 11.7 Å². The molecule has 0 spiro atoms. The number of carbonyl (C=O) groups excluding carboxylic acids is 2. The lowest BCUT2D eigenvalue weighted by molar-refractivity contribution is -0.106. The topological polar surface area (TPSA) is 108 Å². The zero-order chi connectivity index (χ0) is 20.5. The lowest BCUT2D eigenvalue weighted by atomic mass is 10.2. The van der Waals surface area contributed by atoms with Crippen molar-refractivity contribution in [1.82, 2.24) is 25.3 Å². The first-order chi connectivity index (χ1) is 13.5. The van der Waals surface area contributed by atoms with Gasteiger partial charge in [-0.1, -0.05) is 5.21 Å². The van der Waals surface area contributed by atoms with Crippen molar-refractivity contribution in [3.63, 3.8) is 0 Å². The first kappa shape index (κ1) is 21.3. The molecule has 28 heavy (non-hydrogen) atoms. The second kappa shape index (κ2) is 10.4. The van der Waals surface area contributed by atoms with Gasteiger partial charge < -0.3 is 19.6 Å². The first-order valence-electron chi connectivity index (χ1n) is 9.27. The molecule has 9 nitrogen and oxygen atoms in total. The summed E-state index contributed by atoms with van der Waals surface area (Å²) in [6, 6.07) is 3.79. The van der Waals surface area contributed by atoms with Gasteiger partial charge in [0.2, 0.25) is 0 Å². The van der Waals surface area contributed by atoms with Crippen molar-refractivity contribution in [3.8, 4) is 17.1 Å². The lowest BCUT2D eigenvalue weighted by Gasteiger charge is -2.15. The Morgan fingerprint density at radius 2 is 2.04 bits per heavy atom. The molecule has 2 aromatic rings. The quantitative estimate of drug-likeness (QED) is 0.783. The second-order valence-electron chi connectivity index (χ2n) is 6.37. The number of aldehydes is 1. The monoisotopic (exact) mass is 389 g/mol. The van der Waals surface area contributed by atoms with Gasteiger partial charge in [-0.15, -0.1) is 5.10 Å². The molecular weight excluding hydrogens is 362 g/mol. The minimum absolute atomic E-state index is 0.0690. The van der Waals surface area contributed by atoms with E-state index >= 15 is 0 Å². The third kappa shape index (κ3) is 5.51. The molecule has 0 unspecified atom stereocenters. The number of pyridine rings is 1. The van der Waals surface area contributed by atoms with Gasteiger partial charge in [-0.05, 0) is 51.7 Å². The van der Waals surface area contributed by atoms with Crippen molar-refractivity contribution >= 4 is 12.4 Å². The summed E-state index contributed by atoms with van der Waals surface area (Å²) in [7, 11) is 3.27. The van der Waals surface area contributed by atoms with Crippen molar-refractivity contribution in [1.29, 1.82) is 0 Å². The molecule has 152 valence electrons. The molecule has 3 rings (SSSR count). The summed E-state index contributed by atoms with van der Waals surface area (Å²) in [6.07, 6.45) is 5.20. The van der Waals surface area contributed by atoms with Crippen LogP contribution >= 0.6 is 0 Å². The molecule has 2 aromatic heterocycles. The Morgan fingerprint density at radius 1 is 1.36 bits per heavy atom. The average Bonchev–Trinajstić information content (AvgIpc) is 3.32. The van der Waals surface area contributed by atoms with E-state index in [4.69, 9.17) is 14.3 Å². The summed E-state index contributed by atoms with van der Waals surface area (Å²) in [5, 5.41) is 10.6. The average molecular weight is 389 g/mol. The fourth-order valence-corrected chi connectivity index (χ4v) is 2.93. The summed E-state index contributed by atoms with van der Waals surface area (Å²) in [5.74, 6) is 0.808. The molecule has 0 radical (unpaired) electrons. The van der Waals surface area contributed by atoms with Gasteiger partial charge in [-0.25, -0.2) is 14.5 Å². The molecule has 1 saturated carbocycles. The Morgan fingerprint density at radius 3 is 2.64 bits per heavy atom. The van der Waals surface area contributed by atoms with E-state index in [1.807, 2.05) is 19.1 Å². The number of hydrogen-bond donors (Lipinski definition) is 1. The first-order valence-corrected chi connectivity index (χ1v) is 9.27. The number of nitrogens with zero attached hydrogens (tertiary/aromatic N) is 4. The molecule has 0 aliphatic heterocycles. The molecule has 9 heteroatoms. The number of ether oxygens (including phenoxy) is 2. The maximum absolute atomic E-state index is 11.3. The summed E-state index contributed by atoms with van der Waals surface area (Å²) >= 11 is 0.